The molecular weight excluding hydrogens is 727 g/mol. The summed E-state index contributed by atoms with van der Waals surface area (Å²) >= 11 is 0. The van der Waals surface area contributed by atoms with Crippen LogP contribution in [0.25, 0.3) is 11.3 Å². The predicted octanol–water partition coefficient (Wildman–Crippen LogP) is 6.28. The third kappa shape index (κ3) is 7.56. The van der Waals surface area contributed by atoms with E-state index >= 15 is 4.79 Å². The van der Waals surface area contributed by atoms with E-state index in [0.29, 0.717) is 42.0 Å². The highest BCUT2D eigenvalue weighted by Crippen LogP contribution is 2.42. The topological polar surface area (TPSA) is 122 Å². The first-order valence-corrected chi connectivity index (χ1v) is 21.5. The summed E-state index contributed by atoms with van der Waals surface area (Å²) in [6.07, 6.45) is 10.8. The van der Waals surface area contributed by atoms with Crippen LogP contribution in [0.1, 0.15) is 81.3 Å². The van der Waals surface area contributed by atoms with Gasteiger partial charge in [-0.1, -0.05) is 54.6 Å². The van der Waals surface area contributed by atoms with E-state index in [1.807, 2.05) is 24.3 Å². The van der Waals surface area contributed by atoms with E-state index in [4.69, 9.17) is 0 Å². The fourth-order valence-corrected chi connectivity index (χ4v) is 10.7. The van der Waals surface area contributed by atoms with Gasteiger partial charge in [0, 0.05) is 69.0 Å². The van der Waals surface area contributed by atoms with Gasteiger partial charge >= 0.3 is 0 Å². The molecule has 2 unspecified atom stereocenters. The number of hydrogen-bond acceptors (Lipinski definition) is 9. The maximum Gasteiger partial charge on any atom is 0.234 e. The Labute approximate surface area is 341 Å². The lowest BCUT2D eigenvalue weighted by atomic mass is 9.70. The summed E-state index contributed by atoms with van der Waals surface area (Å²) in [5.74, 6) is 0.484. The minimum atomic E-state index is -0.587. The first-order chi connectivity index (χ1) is 28.4. The molecule has 3 aromatic carbocycles. The van der Waals surface area contributed by atoms with Gasteiger partial charge in [-0.15, -0.1) is 0 Å². The SMILES string of the molecule is O=C1CC[C@H](c2ccc(N3CCC(CN4CCCC5C4CCCN5C(=O)C4(c5ccccc5)CCN(c5cnnc(-c6ccccc6O)c5)CC4)CC3)cc2)C(=O)N1. The van der Waals surface area contributed by atoms with Crippen molar-refractivity contribution in [2.75, 3.05) is 55.6 Å². The molecule has 3 amide bonds. The minimum Gasteiger partial charge on any atom is -0.507 e. The number of aromatic hydroxyl groups is 1. The van der Waals surface area contributed by atoms with Crippen molar-refractivity contribution in [1.82, 2.24) is 25.3 Å². The molecule has 5 saturated heterocycles. The second kappa shape index (κ2) is 16.5. The number of phenols is 1. The monoisotopic (exact) mass is 781 g/mol. The summed E-state index contributed by atoms with van der Waals surface area (Å²) in [4.78, 5) is 49.1. The summed E-state index contributed by atoms with van der Waals surface area (Å²) in [6, 6.07) is 28.8. The van der Waals surface area contributed by atoms with Gasteiger partial charge in [0.2, 0.25) is 17.7 Å². The fourth-order valence-electron chi connectivity index (χ4n) is 10.7. The smallest absolute Gasteiger partial charge is 0.234 e. The lowest BCUT2D eigenvalue weighted by Gasteiger charge is -2.53. The number of imide groups is 1. The van der Waals surface area contributed by atoms with Gasteiger partial charge in [0.15, 0.2) is 0 Å². The molecule has 0 spiro atoms. The largest absolute Gasteiger partial charge is 0.507 e. The van der Waals surface area contributed by atoms with Gasteiger partial charge in [-0.2, -0.15) is 10.2 Å². The Hall–Kier alpha value is -5.29. The Balaban J connectivity index is 0.850. The molecule has 3 atom stereocenters. The van der Waals surface area contributed by atoms with Crippen LogP contribution < -0.4 is 15.1 Å². The molecule has 5 aliphatic rings. The van der Waals surface area contributed by atoms with E-state index in [1.165, 1.54) is 5.69 Å². The molecule has 11 heteroatoms. The molecule has 0 saturated carbocycles. The van der Waals surface area contributed by atoms with E-state index in [0.717, 1.165) is 114 Å². The zero-order valence-electron chi connectivity index (χ0n) is 33.3. The van der Waals surface area contributed by atoms with E-state index in [1.54, 1.807) is 18.3 Å². The van der Waals surface area contributed by atoms with Crippen LogP contribution in [0.3, 0.4) is 0 Å². The normalized spacial score (nSPS) is 24.3. The summed E-state index contributed by atoms with van der Waals surface area (Å²) in [6.45, 7) is 6.49. The molecule has 5 fully saturated rings. The van der Waals surface area contributed by atoms with Gasteiger partial charge < -0.3 is 19.8 Å². The number of likely N-dealkylation sites (tertiary alicyclic amines) is 2. The van der Waals surface area contributed by atoms with E-state index in [2.05, 4.69) is 83.6 Å². The van der Waals surface area contributed by atoms with Crippen LogP contribution in [-0.4, -0.2) is 101 Å². The molecule has 11 nitrogen and oxygen atoms in total. The molecule has 302 valence electrons. The number of benzene rings is 3. The number of anilines is 2. The summed E-state index contributed by atoms with van der Waals surface area (Å²) < 4.78 is 0. The van der Waals surface area contributed by atoms with Crippen LogP contribution in [0.15, 0.2) is 91.1 Å². The van der Waals surface area contributed by atoms with E-state index in [-0.39, 0.29) is 29.5 Å². The van der Waals surface area contributed by atoms with Crippen LogP contribution in [0.5, 0.6) is 5.75 Å². The summed E-state index contributed by atoms with van der Waals surface area (Å²) in [7, 11) is 0. The van der Waals surface area contributed by atoms with Crippen LogP contribution in [-0.2, 0) is 19.8 Å². The highest BCUT2D eigenvalue weighted by Gasteiger charge is 2.49. The molecule has 0 aliphatic carbocycles. The zero-order chi connectivity index (χ0) is 39.6. The maximum atomic E-state index is 15.3. The van der Waals surface area contributed by atoms with Crippen LogP contribution in [0, 0.1) is 5.92 Å². The van der Waals surface area contributed by atoms with Crippen molar-refractivity contribution in [3.63, 3.8) is 0 Å². The number of carbonyl (C=O) groups excluding carboxylic acids is 3. The number of amides is 3. The molecule has 6 heterocycles. The number of para-hydroxylation sites is 1. The fraction of sp³-hybridized carbons (Fsp3) is 0.468. The second-order valence-corrected chi connectivity index (χ2v) is 17.2. The molecule has 0 bridgehead atoms. The molecule has 58 heavy (non-hydrogen) atoms. The number of hydrogen-bond donors (Lipinski definition) is 2. The van der Waals surface area contributed by atoms with Crippen LogP contribution >= 0.6 is 0 Å². The Bertz CT molecular complexity index is 2100. The number of nitrogens with one attached hydrogen (secondary N) is 1. The highest BCUT2D eigenvalue weighted by atomic mass is 16.3. The van der Waals surface area contributed by atoms with Crippen molar-refractivity contribution in [2.45, 2.75) is 87.6 Å². The lowest BCUT2D eigenvalue weighted by Crippen LogP contribution is -2.64. The molecule has 9 rings (SSSR count). The van der Waals surface area contributed by atoms with Crippen molar-refractivity contribution in [1.29, 1.82) is 0 Å². The highest BCUT2D eigenvalue weighted by molar-refractivity contribution is 6.01. The van der Waals surface area contributed by atoms with Crippen molar-refractivity contribution in [3.8, 4) is 17.0 Å². The third-order valence-corrected chi connectivity index (χ3v) is 14.0. The zero-order valence-corrected chi connectivity index (χ0v) is 33.3. The average Bonchev–Trinajstić information content (AvgIpc) is 3.27. The predicted molar refractivity (Wildman–Crippen MR) is 225 cm³/mol. The quantitative estimate of drug-likeness (QED) is 0.199. The molecule has 4 aromatic rings. The number of fused-ring (bicyclic) bond motifs is 1. The summed E-state index contributed by atoms with van der Waals surface area (Å²) in [5.41, 5.74) is 4.96. The summed E-state index contributed by atoms with van der Waals surface area (Å²) in [5, 5.41) is 21.6. The van der Waals surface area contributed by atoms with Crippen LogP contribution in [0.2, 0.25) is 0 Å². The van der Waals surface area contributed by atoms with Gasteiger partial charge in [0.1, 0.15) is 5.75 Å². The van der Waals surface area contributed by atoms with Gasteiger partial charge in [0.25, 0.3) is 0 Å². The second-order valence-electron chi connectivity index (χ2n) is 17.2. The van der Waals surface area contributed by atoms with Gasteiger partial charge in [-0.05, 0) is 112 Å². The molecule has 1 aromatic heterocycles. The number of phenolic OH excluding ortho intramolecular Hbond substituents is 1. The van der Waals surface area contributed by atoms with Crippen molar-refractivity contribution in [2.24, 2.45) is 5.92 Å². The molecule has 0 radical (unpaired) electrons. The average molecular weight is 782 g/mol. The van der Waals surface area contributed by atoms with Crippen molar-refractivity contribution in [3.05, 3.63) is 102 Å². The first-order valence-electron chi connectivity index (χ1n) is 21.5. The first kappa shape index (κ1) is 38.2. The Morgan fingerprint density at radius 1 is 0.759 bits per heavy atom. The van der Waals surface area contributed by atoms with Crippen molar-refractivity contribution >= 4 is 29.1 Å². The number of piperidine rings is 5. The standard InChI is InChI=1S/C47H55N7O4/c55-43-13-5-4-10-39(43)40-30-37(31-48-50-40)52-28-22-47(23-29-52,35-8-2-1-3-9-35)46(58)54-25-7-11-41-42(54)12-6-24-53(41)32-33-20-26-51(27-21-33)36-16-14-34(15-17-36)38-18-19-44(56)49-45(38)57/h1-5,8-10,13-17,30-31,33,38,41-42,55H,6-7,11-12,18-29,32H2,(H,49,56,57)/t38-,41?,42?/m1/s1. The third-order valence-electron chi connectivity index (χ3n) is 14.0. The molecule has 2 N–H and O–H groups in total. The molecule has 5 aliphatic heterocycles. The minimum absolute atomic E-state index is 0.179. The lowest BCUT2D eigenvalue weighted by molar-refractivity contribution is -0.146. The number of rotatable bonds is 8. The number of carbonyl (C=O) groups is 3. The number of nitrogens with zero attached hydrogens (tertiary/aromatic N) is 6. The van der Waals surface area contributed by atoms with Gasteiger partial charge in [-0.25, -0.2) is 0 Å². The maximum absolute atomic E-state index is 15.3. The molecular formula is C47H55N7O4. The Morgan fingerprint density at radius 3 is 2.22 bits per heavy atom. The van der Waals surface area contributed by atoms with Gasteiger partial charge in [-0.3, -0.25) is 24.6 Å². The Morgan fingerprint density at radius 2 is 1.47 bits per heavy atom. The number of aromatic nitrogens is 2. The van der Waals surface area contributed by atoms with E-state index < -0.39 is 5.41 Å². The van der Waals surface area contributed by atoms with Crippen molar-refractivity contribution < 1.29 is 19.5 Å². The van der Waals surface area contributed by atoms with E-state index in [9.17, 15) is 14.7 Å². The van der Waals surface area contributed by atoms with Crippen LogP contribution in [0.4, 0.5) is 11.4 Å². The van der Waals surface area contributed by atoms with Gasteiger partial charge in [0.05, 0.1) is 28.9 Å². The Kier molecular flexibility index (Phi) is 10.9.